The monoisotopic (exact) mass is 569 g/mol. The van der Waals surface area contributed by atoms with E-state index in [0.717, 1.165) is 50.7 Å². The number of ether oxygens (including phenoxy) is 1. The smallest absolute Gasteiger partial charge is 0.311 e. The van der Waals surface area contributed by atoms with Gasteiger partial charge in [0.25, 0.3) is 5.91 Å². The van der Waals surface area contributed by atoms with Crippen molar-refractivity contribution in [1.82, 2.24) is 0 Å². The molecule has 1 aliphatic rings. The largest absolute Gasteiger partial charge is 0.427 e. The predicted molar refractivity (Wildman–Crippen MR) is 155 cm³/mol. The van der Waals surface area contributed by atoms with Crippen molar-refractivity contribution < 1.29 is 33.0 Å². The average molecular weight is 570 g/mol. The number of amides is 1. The van der Waals surface area contributed by atoms with Gasteiger partial charge in [0, 0.05) is 42.0 Å². The van der Waals surface area contributed by atoms with Gasteiger partial charge in [-0.2, -0.15) is 0 Å². The van der Waals surface area contributed by atoms with Crippen LogP contribution in [-0.2, 0) is 9.59 Å². The maximum atomic E-state index is 13.3. The number of hydrogen-bond donors (Lipinski definition) is 2. The molecule has 41 heavy (non-hydrogen) atoms. The van der Waals surface area contributed by atoms with Crippen molar-refractivity contribution in [1.29, 1.82) is 0 Å². The Bertz CT molecular complexity index is 1160. The van der Waals surface area contributed by atoms with Crippen LogP contribution in [0.25, 0.3) is 0 Å². The fraction of sp³-hybridized carbons (Fsp3) is 0.485. The first kappa shape index (κ1) is 32.1. The maximum Gasteiger partial charge on any atom is 0.311 e. The van der Waals surface area contributed by atoms with Crippen LogP contribution in [0, 0.1) is 23.5 Å². The molecule has 0 unspecified atom stereocenters. The summed E-state index contributed by atoms with van der Waals surface area (Å²) in [5.74, 6) is -2.45. The molecule has 1 aliphatic carbocycles. The summed E-state index contributed by atoms with van der Waals surface area (Å²) >= 11 is 0. The van der Waals surface area contributed by atoms with Gasteiger partial charge in [-0.15, -0.1) is 0 Å². The van der Waals surface area contributed by atoms with E-state index in [9.17, 15) is 28.3 Å². The number of unbranched alkanes of at least 4 members (excludes halogenated alkanes) is 7. The van der Waals surface area contributed by atoms with Gasteiger partial charge >= 0.3 is 5.97 Å². The van der Waals surface area contributed by atoms with Crippen LogP contribution >= 0.6 is 0 Å². The van der Waals surface area contributed by atoms with E-state index in [0.29, 0.717) is 23.9 Å². The summed E-state index contributed by atoms with van der Waals surface area (Å²) in [5.41, 5.74) is 0.243. The Morgan fingerprint density at radius 1 is 0.976 bits per heavy atom. The number of Topliss-reactive ketones (excluding diaryl/α,β-unsaturated/α-hetero) is 1. The van der Waals surface area contributed by atoms with Gasteiger partial charge in [0.05, 0.1) is 6.10 Å². The van der Waals surface area contributed by atoms with Gasteiger partial charge in [-0.05, 0) is 62.1 Å². The number of carbonyl (C=O) groups is 3. The molecule has 0 bridgehead atoms. The number of ketones is 1. The number of hydrogen-bond acceptors (Lipinski definition) is 5. The van der Waals surface area contributed by atoms with Crippen LogP contribution in [0.4, 0.5) is 14.5 Å². The first-order chi connectivity index (χ1) is 19.8. The molecule has 0 heterocycles. The van der Waals surface area contributed by atoms with E-state index in [1.54, 1.807) is 0 Å². The van der Waals surface area contributed by atoms with Gasteiger partial charge in [0.1, 0.15) is 23.2 Å². The summed E-state index contributed by atoms with van der Waals surface area (Å²) in [5, 5.41) is 12.9. The summed E-state index contributed by atoms with van der Waals surface area (Å²) in [7, 11) is 0. The molecular weight excluding hydrogens is 528 g/mol. The molecule has 0 spiro atoms. The van der Waals surface area contributed by atoms with Crippen LogP contribution in [0.2, 0.25) is 0 Å². The molecule has 6 nitrogen and oxygen atoms in total. The van der Waals surface area contributed by atoms with E-state index < -0.39 is 23.6 Å². The van der Waals surface area contributed by atoms with Gasteiger partial charge in [0.15, 0.2) is 0 Å². The van der Waals surface area contributed by atoms with Crippen molar-refractivity contribution in [2.75, 3.05) is 5.32 Å². The third-order valence-corrected chi connectivity index (χ3v) is 7.43. The van der Waals surface area contributed by atoms with Crippen LogP contribution in [-0.4, -0.2) is 28.9 Å². The Kier molecular flexibility index (Phi) is 13.1. The molecule has 222 valence electrons. The van der Waals surface area contributed by atoms with Crippen molar-refractivity contribution in [3.05, 3.63) is 71.8 Å². The number of rotatable bonds is 16. The van der Waals surface area contributed by atoms with Crippen molar-refractivity contribution in [3.63, 3.8) is 0 Å². The van der Waals surface area contributed by atoms with Crippen molar-refractivity contribution >= 4 is 23.3 Å². The second kappa shape index (κ2) is 16.8. The van der Waals surface area contributed by atoms with Gasteiger partial charge < -0.3 is 15.2 Å². The summed E-state index contributed by atoms with van der Waals surface area (Å²) < 4.78 is 32.0. The summed E-state index contributed by atoms with van der Waals surface area (Å²) in [6, 6.07) is 8.70. The highest BCUT2D eigenvalue weighted by atomic mass is 19.1. The topological polar surface area (TPSA) is 92.7 Å². The molecule has 3 rings (SSSR count). The van der Waals surface area contributed by atoms with Crippen LogP contribution in [0.1, 0.15) is 94.3 Å². The first-order valence-corrected chi connectivity index (χ1v) is 14.7. The van der Waals surface area contributed by atoms with Gasteiger partial charge in [-0.3, -0.25) is 14.4 Å². The number of aliphatic hydroxyl groups is 1. The Morgan fingerprint density at radius 3 is 2.37 bits per heavy atom. The molecule has 0 radical (unpaired) electrons. The molecule has 2 N–H and O–H groups in total. The van der Waals surface area contributed by atoms with Crippen LogP contribution in [0.15, 0.2) is 54.6 Å². The fourth-order valence-corrected chi connectivity index (χ4v) is 5.20. The highest BCUT2D eigenvalue weighted by Crippen LogP contribution is 2.34. The van der Waals surface area contributed by atoms with E-state index in [4.69, 9.17) is 4.74 Å². The lowest BCUT2D eigenvalue weighted by Crippen LogP contribution is -2.18. The van der Waals surface area contributed by atoms with E-state index in [1.165, 1.54) is 43.5 Å². The number of aliphatic hydroxyl groups excluding tert-OH is 1. The molecule has 8 heteroatoms. The molecule has 1 fully saturated rings. The van der Waals surface area contributed by atoms with Crippen LogP contribution in [0.5, 0.6) is 5.75 Å². The van der Waals surface area contributed by atoms with E-state index in [2.05, 4.69) is 18.3 Å². The Hall–Kier alpha value is -3.39. The third kappa shape index (κ3) is 10.8. The second-order valence-electron chi connectivity index (χ2n) is 10.8. The van der Waals surface area contributed by atoms with E-state index in [-0.39, 0.29) is 42.0 Å². The highest BCUT2D eigenvalue weighted by Gasteiger charge is 2.39. The van der Waals surface area contributed by atoms with Crippen LogP contribution in [0.3, 0.4) is 0 Å². The molecule has 1 saturated carbocycles. The minimum atomic E-state index is -0.842. The average Bonchev–Trinajstić information content (AvgIpc) is 3.20. The van der Waals surface area contributed by atoms with Crippen molar-refractivity contribution in [2.45, 2.75) is 90.1 Å². The molecule has 0 saturated heterocycles. The first-order valence-electron chi connectivity index (χ1n) is 14.7. The minimum absolute atomic E-state index is 0.0901. The highest BCUT2D eigenvalue weighted by molar-refractivity contribution is 6.04. The molecule has 0 aromatic heterocycles. The molecule has 1 amide bonds. The number of allylic oxidation sites excluding steroid dienone is 1. The SMILES string of the molecule is CCCCCC/C=C/[C@H]1[C@H](O)CC(=O)[C@@H]1CCCCCCC(=O)Oc1ccc(NC(=O)c2cc(F)cc(F)c2)cc1. The molecular formula is C33H41F2NO5. The minimum Gasteiger partial charge on any atom is -0.427 e. The maximum absolute atomic E-state index is 13.3. The number of esters is 1. The number of carbonyl (C=O) groups excluding carboxylic acids is 3. The Balaban J connectivity index is 1.32. The summed E-state index contributed by atoms with van der Waals surface area (Å²) in [4.78, 5) is 36.9. The Morgan fingerprint density at radius 2 is 1.66 bits per heavy atom. The predicted octanol–water partition coefficient (Wildman–Crippen LogP) is 7.56. The van der Waals surface area contributed by atoms with E-state index >= 15 is 0 Å². The van der Waals surface area contributed by atoms with Crippen molar-refractivity contribution in [3.8, 4) is 5.75 Å². The lowest BCUT2D eigenvalue weighted by Gasteiger charge is -2.17. The Labute approximate surface area is 241 Å². The molecule has 2 aromatic rings. The zero-order valence-corrected chi connectivity index (χ0v) is 23.7. The van der Waals surface area contributed by atoms with Gasteiger partial charge in [0.2, 0.25) is 0 Å². The summed E-state index contributed by atoms with van der Waals surface area (Å²) in [6.45, 7) is 2.18. The second-order valence-corrected chi connectivity index (χ2v) is 10.8. The fourth-order valence-electron chi connectivity index (χ4n) is 5.20. The zero-order valence-electron chi connectivity index (χ0n) is 23.7. The zero-order chi connectivity index (χ0) is 29.6. The number of benzene rings is 2. The molecule has 3 atom stereocenters. The van der Waals surface area contributed by atoms with E-state index in [1.807, 2.05) is 6.08 Å². The lowest BCUT2D eigenvalue weighted by molar-refractivity contribution is -0.134. The number of nitrogens with one attached hydrogen (secondary N) is 1. The number of anilines is 1. The third-order valence-electron chi connectivity index (χ3n) is 7.43. The summed E-state index contributed by atoms with van der Waals surface area (Å²) in [6.07, 6.45) is 13.9. The standard InChI is InChI=1S/C33H41F2NO5/c1-2-3-4-5-6-9-12-28-29(31(38)22-30(28)37)13-10-7-8-11-14-32(39)41-27-17-15-26(16-18-27)36-33(40)23-19-24(34)21-25(35)20-23/h9,12,15-21,28-30,37H,2-8,10-11,13-14,22H2,1H3,(H,36,40)/b12-9+/t28-,29-,30-/m1/s1. The normalized spacial score (nSPS) is 18.6. The number of halogens is 2. The van der Waals surface area contributed by atoms with Crippen LogP contribution < -0.4 is 10.1 Å². The molecule has 0 aliphatic heterocycles. The van der Waals surface area contributed by atoms with Crippen molar-refractivity contribution in [2.24, 2.45) is 11.8 Å². The van der Waals surface area contributed by atoms with Gasteiger partial charge in [-0.25, -0.2) is 8.78 Å². The molecule has 2 aromatic carbocycles. The van der Waals surface area contributed by atoms with Gasteiger partial charge in [-0.1, -0.05) is 57.6 Å². The quantitative estimate of drug-likeness (QED) is 0.0942. The lowest BCUT2D eigenvalue weighted by atomic mass is 9.88.